The van der Waals surface area contributed by atoms with Crippen molar-refractivity contribution in [1.29, 1.82) is 0 Å². The van der Waals surface area contributed by atoms with Crippen LogP contribution in [-0.4, -0.2) is 46.4 Å². The molecule has 1 fully saturated rings. The topological polar surface area (TPSA) is 70.7 Å². The van der Waals surface area contributed by atoms with E-state index in [2.05, 4.69) is 9.38 Å². The molecule has 0 aliphatic heterocycles. The molecule has 2 heterocycles. The second kappa shape index (κ2) is 7.28. The van der Waals surface area contributed by atoms with Gasteiger partial charge in [0, 0.05) is 0 Å². The van der Waals surface area contributed by atoms with E-state index in [0.29, 0.717) is 4.71 Å². The van der Waals surface area contributed by atoms with Gasteiger partial charge in [0.25, 0.3) is 0 Å². The summed E-state index contributed by atoms with van der Waals surface area (Å²) >= 11 is -0.423. The van der Waals surface area contributed by atoms with Crippen molar-refractivity contribution in [1.82, 2.24) is 14.4 Å². The Morgan fingerprint density at radius 2 is 2.04 bits per heavy atom. The van der Waals surface area contributed by atoms with Gasteiger partial charge in [0.05, 0.1) is 0 Å². The molecular weight excluding hydrogens is 377 g/mol. The minimum atomic E-state index is -0.423. The molecule has 0 amide bonds. The van der Waals surface area contributed by atoms with Crippen molar-refractivity contribution in [2.75, 3.05) is 0 Å². The second-order valence-corrected chi connectivity index (χ2v) is 9.95. The first-order valence-electron chi connectivity index (χ1n) is 8.71. The van der Waals surface area contributed by atoms with E-state index < -0.39 is 15.8 Å². The Hall–Kier alpha value is -1.68. The molecule has 1 aromatic carbocycles. The Morgan fingerprint density at radius 1 is 1.20 bits per heavy atom. The molecule has 0 saturated heterocycles. The summed E-state index contributed by atoms with van der Waals surface area (Å²) in [5, 5.41) is 19.1. The first kappa shape index (κ1) is 16.8. The van der Waals surface area contributed by atoms with Gasteiger partial charge in [0.2, 0.25) is 0 Å². The number of imidazole rings is 1. The van der Waals surface area contributed by atoms with Crippen molar-refractivity contribution in [3.05, 3.63) is 48.4 Å². The predicted molar refractivity (Wildman–Crippen MR) is 99.4 cm³/mol. The molecule has 3 aromatic rings. The molecule has 25 heavy (non-hydrogen) atoms. The van der Waals surface area contributed by atoms with Crippen LogP contribution in [0.25, 0.3) is 16.9 Å². The molecule has 2 aromatic heterocycles. The average Bonchev–Trinajstić information content (AvgIpc) is 3.12. The van der Waals surface area contributed by atoms with Gasteiger partial charge in [0.1, 0.15) is 0 Å². The van der Waals surface area contributed by atoms with Crippen molar-refractivity contribution in [2.24, 2.45) is 0 Å². The molecule has 0 radical (unpaired) electrons. The van der Waals surface area contributed by atoms with Gasteiger partial charge in [-0.05, 0) is 0 Å². The third kappa shape index (κ3) is 3.64. The van der Waals surface area contributed by atoms with Gasteiger partial charge in [-0.1, -0.05) is 0 Å². The fraction of sp³-hybridized carbons (Fsp3) is 0.368. The molecule has 2 N–H and O–H groups in total. The SMILES string of the molecule is OCc1cccc(-c2cn3ccnc3c([AsH]C3CCC(O)CC3)n2)c1. The van der Waals surface area contributed by atoms with Crippen LogP contribution in [-0.2, 0) is 6.61 Å². The number of nitrogens with zero attached hydrogens (tertiary/aromatic N) is 3. The van der Waals surface area contributed by atoms with Crippen molar-refractivity contribution >= 4 is 25.9 Å². The molecule has 0 bridgehead atoms. The Labute approximate surface area is 153 Å². The van der Waals surface area contributed by atoms with E-state index in [1.807, 2.05) is 42.9 Å². The van der Waals surface area contributed by atoms with Gasteiger partial charge >= 0.3 is 153 Å². The molecule has 1 atom stereocenters. The van der Waals surface area contributed by atoms with Gasteiger partial charge in [-0.3, -0.25) is 0 Å². The van der Waals surface area contributed by atoms with E-state index in [9.17, 15) is 10.2 Å². The number of aromatic nitrogens is 3. The zero-order chi connectivity index (χ0) is 17.2. The summed E-state index contributed by atoms with van der Waals surface area (Å²) in [5.41, 5.74) is 3.81. The molecule has 6 heteroatoms. The number of rotatable bonds is 4. The van der Waals surface area contributed by atoms with Gasteiger partial charge in [-0.25, -0.2) is 0 Å². The van der Waals surface area contributed by atoms with E-state index in [1.54, 1.807) is 0 Å². The Balaban J connectivity index is 1.69. The fourth-order valence-electron chi connectivity index (χ4n) is 3.41. The van der Waals surface area contributed by atoms with Gasteiger partial charge in [-0.2, -0.15) is 0 Å². The van der Waals surface area contributed by atoms with E-state index in [-0.39, 0.29) is 12.7 Å². The van der Waals surface area contributed by atoms with Gasteiger partial charge in [-0.15, -0.1) is 0 Å². The number of benzene rings is 1. The first-order chi connectivity index (χ1) is 12.2. The minimum absolute atomic E-state index is 0.0340. The van der Waals surface area contributed by atoms with E-state index in [0.717, 1.165) is 52.6 Å². The number of hydrogen-bond acceptors (Lipinski definition) is 4. The van der Waals surface area contributed by atoms with Crippen molar-refractivity contribution < 1.29 is 10.2 Å². The zero-order valence-electron chi connectivity index (χ0n) is 14.0. The van der Waals surface area contributed by atoms with E-state index >= 15 is 0 Å². The maximum atomic E-state index is 9.74. The fourth-order valence-corrected chi connectivity index (χ4v) is 6.59. The van der Waals surface area contributed by atoms with Gasteiger partial charge in [0.15, 0.2) is 0 Å². The summed E-state index contributed by atoms with van der Waals surface area (Å²) in [6.07, 6.45) is 9.71. The van der Waals surface area contributed by atoms with Crippen LogP contribution in [0.5, 0.6) is 0 Å². The molecular formula is C19H22AsN3O2. The summed E-state index contributed by atoms with van der Waals surface area (Å²) in [5.74, 6) is 0. The van der Waals surface area contributed by atoms with E-state index in [4.69, 9.17) is 4.98 Å². The Morgan fingerprint density at radius 3 is 2.84 bits per heavy atom. The van der Waals surface area contributed by atoms with Crippen LogP contribution in [0.4, 0.5) is 0 Å². The monoisotopic (exact) mass is 399 g/mol. The number of aliphatic hydroxyl groups excluding tert-OH is 2. The normalized spacial score (nSPS) is 21.4. The molecule has 5 nitrogen and oxygen atoms in total. The standard InChI is InChI=1S/C19H22AsN3O2/c24-12-13-2-1-3-14(10-13)17-11-23-9-8-21-19(23)18(22-17)20-15-4-6-16(25)7-5-15/h1-3,8-11,15-16,20,24-25H,4-7,12H2. The van der Waals surface area contributed by atoms with Crippen molar-refractivity contribution in [2.45, 2.75) is 43.1 Å². The number of fused-ring (bicyclic) bond motifs is 1. The quantitative estimate of drug-likeness (QED) is 0.655. The van der Waals surface area contributed by atoms with Crippen LogP contribution in [0, 0.1) is 0 Å². The molecule has 130 valence electrons. The molecule has 1 saturated carbocycles. The van der Waals surface area contributed by atoms with Crippen LogP contribution >= 0.6 is 0 Å². The Kier molecular flexibility index (Phi) is 4.89. The molecule has 0 spiro atoms. The molecule has 4 rings (SSSR count). The third-order valence-corrected chi connectivity index (χ3v) is 8.16. The summed E-state index contributed by atoms with van der Waals surface area (Å²) in [6.45, 7) is 0.0340. The second-order valence-electron chi connectivity index (χ2n) is 6.64. The zero-order valence-corrected chi connectivity index (χ0v) is 16.1. The third-order valence-electron chi connectivity index (χ3n) is 4.82. The Bertz CT molecular complexity index is 872. The van der Waals surface area contributed by atoms with Crippen LogP contribution in [0.15, 0.2) is 42.9 Å². The van der Waals surface area contributed by atoms with E-state index in [1.165, 1.54) is 0 Å². The van der Waals surface area contributed by atoms with Gasteiger partial charge < -0.3 is 0 Å². The van der Waals surface area contributed by atoms with Crippen LogP contribution in [0.3, 0.4) is 0 Å². The summed E-state index contributed by atoms with van der Waals surface area (Å²) < 4.78 is 3.87. The van der Waals surface area contributed by atoms with Crippen molar-refractivity contribution in [3.8, 4) is 11.3 Å². The number of hydrogen-bond donors (Lipinski definition) is 2. The average molecular weight is 399 g/mol. The first-order valence-corrected chi connectivity index (χ1v) is 11.0. The van der Waals surface area contributed by atoms with Crippen molar-refractivity contribution in [3.63, 3.8) is 0 Å². The summed E-state index contributed by atoms with van der Waals surface area (Å²) in [6, 6.07) is 7.90. The predicted octanol–water partition coefficient (Wildman–Crippen LogP) is 1.67. The number of aliphatic hydroxyl groups is 2. The van der Waals surface area contributed by atoms with Crippen LogP contribution in [0.2, 0.25) is 4.71 Å². The maximum absolute atomic E-state index is 9.74. The van der Waals surface area contributed by atoms with Crippen LogP contribution < -0.4 is 4.48 Å². The summed E-state index contributed by atoms with van der Waals surface area (Å²) in [4.78, 5) is 9.47. The molecule has 1 aliphatic rings. The molecule has 1 aliphatic carbocycles. The molecule has 1 unspecified atom stereocenters. The van der Waals surface area contributed by atoms with Crippen LogP contribution in [0.1, 0.15) is 31.2 Å². The summed E-state index contributed by atoms with van der Waals surface area (Å²) in [7, 11) is 0.